The molecule has 0 aromatic carbocycles. The topological polar surface area (TPSA) is 29.9 Å². The summed E-state index contributed by atoms with van der Waals surface area (Å²) in [6, 6.07) is 1.16. The molecule has 0 spiro atoms. The highest BCUT2D eigenvalue weighted by atomic mass is 79.9. The van der Waals surface area contributed by atoms with Crippen LogP contribution < -0.4 is 5.32 Å². The summed E-state index contributed by atoms with van der Waals surface area (Å²) in [5.41, 5.74) is 1.20. The minimum absolute atomic E-state index is 0.476. The summed E-state index contributed by atoms with van der Waals surface area (Å²) in [5.74, 6) is 0. The summed E-state index contributed by atoms with van der Waals surface area (Å²) in [5, 5.41) is 8.14. The fraction of sp³-hybridized carbons (Fsp3) is 0.700. The molecule has 3 nitrogen and oxygen atoms in total. The maximum absolute atomic E-state index is 4.66. The van der Waals surface area contributed by atoms with Gasteiger partial charge in [0, 0.05) is 6.20 Å². The normalized spacial score (nSPS) is 27.1. The van der Waals surface area contributed by atoms with Crippen LogP contribution in [-0.2, 0) is 0 Å². The molecule has 3 rings (SSSR count). The molecule has 1 aliphatic heterocycles. The third-order valence-electron chi connectivity index (χ3n) is 3.02. The smallest absolute Gasteiger partial charge is 0.0935 e. The van der Waals surface area contributed by atoms with Crippen molar-refractivity contribution in [3.05, 3.63) is 16.4 Å². The Kier molecular flexibility index (Phi) is 2.13. The molecule has 1 saturated heterocycles. The van der Waals surface area contributed by atoms with Crippen LogP contribution in [0.5, 0.6) is 0 Å². The molecular weight excluding hydrogens is 242 g/mol. The summed E-state index contributed by atoms with van der Waals surface area (Å²) in [6.07, 6.45) is 7.22. The Morgan fingerprint density at radius 1 is 1.43 bits per heavy atom. The summed E-state index contributed by atoms with van der Waals surface area (Å²) in [6.45, 7) is 1.13. The monoisotopic (exact) mass is 255 g/mol. The van der Waals surface area contributed by atoms with Crippen molar-refractivity contribution in [2.24, 2.45) is 0 Å². The van der Waals surface area contributed by atoms with Gasteiger partial charge in [-0.15, -0.1) is 0 Å². The lowest BCUT2D eigenvalue weighted by atomic mass is 10.2. The minimum atomic E-state index is 0.476. The third kappa shape index (κ3) is 1.50. The number of aromatic nitrogens is 2. The molecule has 1 unspecified atom stereocenters. The van der Waals surface area contributed by atoms with E-state index in [0.29, 0.717) is 12.1 Å². The van der Waals surface area contributed by atoms with Gasteiger partial charge in [0.15, 0.2) is 0 Å². The van der Waals surface area contributed by atoms with Crippen molar-refractivity contribution in [2.45, 2.75) is 37.8 Å². The molecule has 1 aromatic rings. The molecule has 2 aliphatic rings. The molecule has 4 heteroatoms. The van der Waals surface area contributed by atoms with Crippen LogP contribution >= 0.6 is 15.9 Å². The molecule has 1 atom stereocenters. The van der Waals surface area contributed by atoms with E-state index in [0.717, 1.165) is 6.54 Å². The number of halogens is 1. The van der Waals surface area contributed by atoms with E-state index >= 15 is 0 Å². The zero-order valence-electron chi connectivity index (χ0n) is 8.04. The molecule has 0 bridgehead atoms. The number of hydrogen-bond acceptors (Lipinski definition) is 2. The van der Waals surface area contributed by atoms with Gasteiger partial charge in [0.2, 0.25) is 0 Å². The zero-order valence-corrected chi connectivity index (χ0v) is 9.63. The van der Waals surface area contributed by atoms with E-state index in [4.69, 9.17) is 0 Å². The Bertz CT molecular complexity index is 337. The van der Waals surface area contributed by atoms with Crippen molar-refractivity contribution in [1.82, 2.24) is 15.1 Å². The fourth-order valence-corrected chi connectivity index (χ4v) is 2.63. The molecule has 0 radical (unpaired) electrons. The van der Waals surface area contributed by atoms with Crippen LogP contribution in [0.25, 0.3) is 0 Å². The van der Waals surface area contributed by atoms with Crippen molar-refractivity contribution in [1.29, 1.82) is 0 Å². The van der Waals surface area contributed by atoms with Gasteiger partial charge in [0.25, 0.3) is 0 Å². The first-order chi connectivity index (χ1) is 6.84. The lowest BCUT2D eigenvalue weighted by Crippen LogP contribution is -2.14. The van der Waals surface area contributed by atoms with Crippen molar-refractivity contribution >= 4 is 15.9 Å². The number of hydrogen-bond donors (Lipinski definition) is 1. The van der Waals surface area contributed by atoms with Crippen LogP contribution in [0.3, 0.4) is 0 Å². The van der Waals surface area contributed by atoms with Crippen LogP contribution in [-0.4, -0.2) is 16.3 Å². The zero-order chi connectivity index (χ0) is 9.54. The summed E-state index contributed by atoms with van der Waals surface area (Å²) < 4.78 is 3.29. The van der Waals surface area contributed by atoms with Gasteiger partial charge < -0.3 is 5.32 Å². The summed E-state index contributed by atoms with van der Waals surface area (Å²) in [4.78, 5) is 0. The van der Waals surface area contributed by atoms with Gasteiger partial charge in [-0.2, -0.15) is 5.10 Å². The molecule has 1 saturated carbocycles. The van der Waals surface area contributed by atoms with Crippen LogP contribution in [0.4, 0.5) is 0 Å². The molecule has 2 fully saturated rings. The van der Waals surface area contributed by atoms with Gasteiger partial charge in [-0.25, -0.2) is 0 Å². The van der Waals surface area contributed by atoms with E-state index in [-0.39, 0.29) is 0 Å². The van der Waals surface area contributed by atoms with Crippen LogP contribution in [0.15, 0.2) is 10.7 Å². The second-order valence-corrected chi connectivity index (χ2v) is 5.08. The molecule has 1 aromatic heterocycles. The van der Waals surface area contributed by atoms with Crippen molar-refractivity contribution < 1.29 is 0 Å². The standard InChI is InChI=1S/C10H14BrN3/c11-8-6-14(7-3-4-7)13-10(8)9-2-1-5-12-9/h6-7,9,12H,1-5H2. The summed E-state index contributed by atoms with van der Waals surface area (Å²) in [7, 11) is 0. The Labute approximate surface area is 92.0 Å². The molecule has 1 aliphatic carbocycles. The molecule has 1 N–H and O–H groups in total. The first kappa shape index (κ1) is 8.92. The van der Waals surface area contributed by atoms with E-state index in [1.165, 1.54) is 35.8 Å². The Morgan fingerprint density at radius 3 is 2.93 bits per heavy atom. The largest absolute Gasteiger partial charge is 0.309 e. The maximum atomic E-state index is 4.66. The average molecular weight is 256 g/mol. The van der Waals surface area contributed by atoms with Gasteiger partial charge in [-0.1, -0.05) is 0 Å². The van der Waals surface area contributed by atoms with Gasteiger partial charge in [-0.05, 0) is 48.2 Å². The fourth-order valence-electron chi connectivity index (χ4n) is 2.06. The lowest BCUT2D eigenvalue weighted by molar-refractivity contribution is 0.577. The van der Waals surface area contributed by atoms with Crippen molar-refractivity contribution in [3.63, 3.8) is 0 Å². The van der Waals surface area contributed by atoms with Crippen LogP contribution in [0.2, 0.25) is 0 Å². The second kappa shape index (κ2) is 3.35. The SMILES string of the molecule is Brc1cn(C2CC2)nc1C1CCCN1. The predicted octanol–water partition coefficient (Wildman–Crippen LogP) is 2.40. The molecule has 76 valence electrons. The predicted molar refractivity (Wildman–Crippen MR) is 58.2 cm³/mol. The van der Waals surface area contributed by atoms with Crippen LogP contribution in [0.1, 0.15) is 43.5 Å². The van der Waals surface area contributed by atoms with Crippen molar-refractivity contribution in [3.8, 4) is 0 Å². The lowest BCUT2D eigenvalue weighted by Gasteiger charge is -2.06. The Hall–Kier alpha value is -0.350. The number of nitrogens with zero attached hydrogens (tertiary/aromatic N) is 2. The van der Waals surface area contributed by atoms with Gasteiger partial charge in [0.1, 0.15) is 0 Å². The Balaban J connectivity index is 1.88. The van der Waals surface area contributed by atoms with Gasteiger partial charge in [0.05, 0.1) is 22.3 Å². The van der Waals surface area contributed by atoms with Gasteiger partial charge in [-0.3, -0.25) is 4.68 Å². The van der Waals surface area contributed by atoms with Crippen LogP contribution in [0, 0.1) is 0 Å². The van der Waals surface area contributed by atoms with E-state index < -0.39 is 0 Å². The average Bonchev–Trinajstić information content (AvgIpc) is 2.75. The molecule has 0 amide bonds. The highest BCUT2D eigenvalue weighted by Crippen LogP contribution is 2.37. The quantitative estimate of drug-likeness (QED) is 0.880. The molecular formula is C10H14BrN3. The minimum Gasteiger partial charge on any atom is -0.309 e. The first-order valence-electron chi connectivity index (χ1n) is 5.32. The van der Waals surface area contributed by atoms with Gasteiger partial charge >= 0.3 is 0 Å². The van der Waals surface area contributed by atoms with E-state index in [1.807, 2.05) is 0 Å². The maximum Gasteiger partial charge on any atom is 0.0935 e. The van der Waals surface area contributed by atoms with Crippen molar-refractivity contribution in [2.75, 3.05) is 6.54 Å². The van der Waals surface area contributed by atoms with E-state index in [9.17, 15) is 0 Å². The number of nitrogens with one attached hydrogen (secondary N) is 1. The molecule has 2 heterocycles. The highest BCUT2D eigenvalue weighted by molar-refractivity contribution is 9.10. The third-order valence-corrected chi connectivity index (χ3v) is 3.64. The number of rotatable bonds is 2. The second-order valence-electron chi connectivity index (χ2n) is 4.22. The Morgan fingerprint density at radius 2 is 2.29 bits per heavy atom. The molecule has 14 heavy (non-hydrogen) atoms. The highest BCUT2D eigenvalue weighted by Gasteiger charge is 2.28. The first-order valence-corrected chi connectivity index (χ1v) is 6.12. The van der Waals surface area contributed by atoms with E-state index in [1.54, 1.807) is 0 Å². The summed E-state index contributed by atoms with van der Waals surface area (Å²) >= 11 is 3.60. The van der Waals surface area contributed by atoms with E-state index in [2.05, 4.69) is 37.2 Å².